The van der Waals surface area contributed by atoms with Gasteiger partial charge in [-0.25, -0.2) is 0 Å². The molecule has 0 bridgehead atoms. The molecule has 0 atom stereocenters. The molecule has 0 radical (unpaired) electrons. The molecule has 2 saturated carbocycles. The summed E-state index contributed by atoms with van der Waals surface area (Å²) in [5.41, 5.74) is 6.60. The summed E-state index contributed by atoms with van der Waals surface area (Å²) < 4.78 is 0. The molecule has 0 amide bonds. The fourth-order valence-electron chi connectivity index (χ4n) is 6.57. The molecule has 0 heterocycles. The van der Waals surface area contributed by atoms with E-state index in [1.54, 1.807) is 11.1 Å². The smallest absolute Gasteiger partial charge is 0.0206 e. The molecule has 2 aliphatic rings. The van der Waals surface area contributed by atoms with Gasteiger partial charge in [0.05, 0.1) is 0 Å². The van der Waals surface area contributed by atoms with Crippen molar-refractivity contribution in [2.45, 2.75) is 75.0 Å². The van der Waals surface area contributed by atoms with Crippen LogP contribution in [0.1, 0.15) is 86.5 Å². The van der Waals surface area contributed by atoms with Crippen molar-refractivity contribution in [3.05, 3.63) is 107 Å². The lowest BCUT2D eigenvalue weighted by atomic mass is 9.58. The van der Waals surface area contributed by atoms with Crippen LogP contribution in [0.2, 0.25) is 0 Å². The van der Waals surface area contributed by atoms with Gasteiger partial charge >= 0.3 is 0 Å². The van der Waals surface area contributed by atoms with Gasteiger partial charge in [0.1, 0.15) is 0 Å². The van der Waals surface area contributed by atoms with Gasteiger partial charge in [0.25, 0.3) is 0 Å². The van der Waals surface area contributed by atoms with Crippen LogP contribution < -0.4 is 0 Å². The standard InChI is InChI=1S/C30H34/c1-5-15-25(16-6-1)29(21-11-3-12-22-29)27-19-9-10-20-28(27)30(23-13-4-14-24-30)26-17-7-2-8-18-26/h1-2,5-10,15-20H,3-4,11-14,21-24H2. The first-order valence-electron chi connectivity index (χ1n) is 12.1. The Hall–Kier alpha value is -2.34. The summed E-state index contributed by atoms with van der Waals surface area (Å²) in [4.78, 5) is 0. The van der Waals surface area contributed by atoms with E-state index in [2.05, 4.69) is 84.9 Å². The van der Waals surface area contributed by atoms with Crippen molar-refractivity contribution in [2.75, 3.05) is 0 Å². The van der Waals surface area contributed by atoms with Crippen LogP contribution in [0.3, 0.4) is 0 Å². The third kappa shape index (κ3) is 3.31. The summed E-state index contributed by atoms with van der Waals surface area (Å²) in [5.74, 6) is 0. The van der Waals surface area contributed by atoms with Crippen LogP contribution in [0.5, 0.6) is 0 Å². The summed E-state index contributed by atoms with van der Waals surface area (Å²) in [6, 6.07) is 32.4. The molecule has 30 heavy (non-hydrogen) atoms. The van der Waals surface area contributed by atoms with Crippen LogP contribution >= 0.6 is 0 Å². The van der Waals surface area contributed by atoms with Gasteiger partial charge < -0.3 is 0 Å². The average Bonchev–Trinajstić information content (AvgIpc) is 2.86. The number of rotatable bonds is 4. The first-order chi connectivity index (χ1) is 14.9. The largest absolute Gasteiger partial charge is 0.0622 e. The monoisotopic (exact) mass is 394 g/mol. The van der Waals surface area contributed by atoms with Crippen molar-refractivity contribution in [1.82, 2.24) is 0 Å². The molecule has 0 spiro atoms. The third-order valence-electron chi connectivity index (χ3n) is 8.03. The zero-order chi connectivity index (χ0) is 20.3. The highest BCUT2D eigenvalue weighted by molar-refractivity contribution is 5.51. The van der Waals surface area contributed by atoms with E-state index in [0.29, 0.717) is 0 Å². The van der Waals surface area contributed by atoms with Gasteiger partial charge in [0, 0.05) is 10.8 Å². The van der Waals surface area contributed by atoms with Crippen LogP contribution in [-0.4, -0.2) is 0 Å². The Kier molecular flexibility index (Phi) is 5.50. The minimum absolute atomic E-state index is 0.162. The quantitative estimate of drug-likeness (QED) is 0.418. The molecule has 0 unspecified atom stereocenters. The van der Waals surface area contributed by atoms with E-state index in [1.165, 1.54) is 75.3 Å². The van der Waals surface area contributed by atoms with Crippen molar-refractivity contribution in [3.63, 3.8) is 0 Å². The molecule has 154 valence electrons. The van der Waals surface area contributed by atoms with Gasteiger partial charge in [-0.05, 0) is 47.9 Å². The summed E-state index contributed by atoms with van der Waals surface area (Å²) >= 11 is 0. The highest BCUT2D eigenvalue weighted by atomic mass is 14.5. The van der Waals surface area contributed by atoms with E-state index >= 15 is 0 Å². The first-order valence-corrected chi connectivity index (χ1v) is 12.1. The van der Waals surface area contributed by atoms with Gasteiger partial charge in [-0.1, -0.05) is 123 Å². The Labute approximate surface area is 182 Å². The Morgan fingerprint density at radius 1 is 0.367 bits per heavy atom. The number of benzene rings is 3. The lowest BCUT2D eigenvalue weighted by molar-refractivity contribution is 0.316. The summed E-state index contributed by atoms with van der Waals surface area (Å²) in [6.45, 7) is 0. The molecular formula is C30H34. The lowest BCUT2D eigenvalue weighted by Crippen LogP contribution is -2.37. The van der Waals surface area contributed by atoms with E-state index in [9.17, 15) is 0 Å². The summed E-state index contributed by atoms with van der Waals surface area (Å²) in [6.07, 6.45) is 13.2. The number of hydrogen-bond acceptors (Lipinski definition) is 0. The van der Waals surface area contributed by atoms with Gasteiger partial charge in [0.15, 0.2) is 0 Å². The minimum atomic E-state index is 0.162. The van der Waals surface area contributed by atoms with Crippen LogP contribution in [0.4, 0.5) is 0 Å². The normalized spacial score (nSPS) is 20.5. The Morgan fingerprint density at radius 3 is 1.07 bits per heavy atom. The summed E-state index contributed by atoms with van der Waals surface area (Å²) in [7, 11) is 0. The van der Waals surface area contributed by atoms with Crippen LogP contribution in [0.25, 0.3) is 0 Å². The number of hydrogen-bond donors (Lipinski definition) is 0. The maximum atomic E-state index is 2.48. The Balaban J connectivity index is 1.73. The SMILES string of the molecule is c1ccc(C2(c3ccccc3C3(c4ccccc4)CCCCC3)CCCCC2)cc1. The maximum Gasteiger partial charge on any atom is 0.0206 e. The second kappa shape index (κ2) is 8.42. The predicted molar refractivity (Wildman–Crippen MR) is 127 cm³/mol. The fraction of sp³-hybridized carbons (Fsp3) is 0.400. The van der Waals surface area contributed by atoms with E-state index in [0.717, 1.165) is 0 Å². The molecule has 0 nitrogen and oxygen atoms in total. The molecule has 2 aliphatic carbocycles. The molecule has 0 heteroatoms. The molecule has 0 aliphatic heterocycles. The fourth-order valence-corrected chi connectivity index (χ4v) is 6.57. The van der Waals surface area contributed by atoms with E-state index < -0.39 is 0 Å². The molecule has 0 aromatic heterocycles. The zero-order valence-corrected chi connectivity index (χ0v) is 18.2. The second-order valence-electron chi connectivity index (χ2n) is 9.56. The summed E-state index contributed by atoms with van der Waals surface area (Å²) in [5, 5.41) is 0. The van der Waals surface area contributed by atoms with Crippen molar-refractivity contribution in [2.24, 2.45) is 0 Å². The molecule has 5 rings (SSSR count). The highest BCUT2D eigenvalue weighted by Crippen LogP contribution is 2.52. The predicted octanol–water partition coefficient (Wildman–Crippen LogP) is 8.19. The highest BCUT2D eigenvalue weighted by Gasteiger charge is 2.43. The van der Waals surface area contributed by atoms with Crippen molar-refractivity contribution < 1.29 is 0 Å². The maximum absolute atomic E-state index is 2.48. The third-order valence-corrected chi connectivity index (χ3v) is 8.03. The van der Waals surface area contributed by atoms with E-state index in [-0.39, 0.29) is 10.8 Å². The molecule has 2 fully saturated rings. The zero-order valence-electron chi connectivity index (χ0n) is 18.2. The van der Waals surface area contributed by atoms with E-state index in [1.807, 2.05) is 0 Å². The van der Waals surface area contributed by atoms with Crippen LogP contribution in [0.15, 0.2) is 84.9 Å². The van der Waals surface area contributed by atoms with Crippen molar-refractivity contribution in [1.29, 1.82) is 0 Å². The topological polar surface area (TPSA) is 0 Å². The molecule has 0 saturated heterocycles. The molecule has 3 aromatic carbocycles. The van der Waals surface area contributed by atoms with Crippen molar-refractivity contribution >= 4 is 0 Å². The van der Waals surface area contributed by atoms with Crippen LogP contribution in [-0.2, 0) is 10.8 Å². The average molecular weight is 395 g/mol. The van der Waals surface area contributed by atoms with Gasteiger partial charge in [-0.2, -0.15) is 0 Å². The minimum Gasteiger partial charge on any atom is -0.0622 e. The Bertz CT molecular complexity index is 861. The first kappa shape index (κ1) is 19.6. The lowest BCUT2D eigenvalue weighted by Gasteiger charge is -2.46. The molecule has 0 N–H and O–H groups in total. The van der Waals surface area contributed by atoms with Gasteiger partial charge in [-0.15, -0.1) is 0 Å². The van der Waals surface area contributed by atoms with Gasteiger partial charge in [-0.3, -0.25) is 0 Å². The molecular weight excluding hydrogens is 360 g/mol. The second-order valence-corrected chi connectivity index (χ2v) is 9.56. The molecule has 3 aromatic rings. The van der Waals surface area contributed by atoms with E-state index in [4.69, 9.17) is 0 Å². The Morgan fingerprint density at radius 2 is 0.700 bits per heavy atom. The van der Waals surface area contributed by atoms with Crippen LogP contribution in [0, 0.1) is 0 Å². The van der Waals surface area contributed by atoms with Crippen molar-refractivity contribution in [3.8, 4) is 0 Å². The van der Waals surface area contributed by atoms with Gasteiger partial charge in [0.2, 0.25) is 0 Å².